The Kier molecular flexibility index (Phi) is 4.18. The topological polar surface area (TPSA) is 96.4 Å². The molecule has 0 atom stereocenters. The Morgan fingerprint density at radius 2 is 1.84 bits per heavy atom. The number of nitrogens with zero attached hydrogens (tertiary/aromatic N) is 1. The first-order valence-electron chi connectivity index (χ1n) is 7.51. The number of carboxylic acids is 1. The number of carboxylic acid groups (broad SMARTS) is 1. The number of aryl methyl sites for hydroxylation is 2. The lowest BCUT2D eigenvalue weighted by Gasteiger charge is -2.13. The number of nitrogens with one attached hydrogen (secondary N) is 1. The maximum atomic E-state index is 12.8. The Labute approximate surface area is 145 Å². The number of hydrogen-bond donors (Lipinski definition) is 2. The third-order valence-corrected chi connectivity index (χ3v) is 5.23. The predicted molar refractivity (Wildman–Crippen MR) is 95.4 cm³/mol. The molecule has 6 nitrogen and oxygen atoms in total. The summed E-state index contributed by atoms with van der Waals surface area (Å²) in [5, 5.41) is 10.1. The van der Waals surface area contributed by atoms with Crippen molar-refractivity contribution in [3.05, 3.63) is 65.4 Å². The molecular weight excluding hydrogens is 340 g/mol. The van der Waals surface area contributed by atoms with E-state index in [-0.39, 0.29) is 16.1 Å². The number of benzene rings is 2. The van der Waals surface area contributed by atoms with E-state index in [0.29, 0.717) is 16.5 Å². The van der Waals surface area contributed by atoms with Gasteiger partial charge < -0.3 is 5.11 Å². The van der Waals surface area contributed by atoms with Crippen LogP contribution in [-0.4, -0.2) is 24.5 Å². The van der Waals surface area contributed by atoms with Crippen LogP contribution in [0.1, 0.15) is 21.5 Å². The molecule has 0 bridgehead atoms. The van der Waals surface area contributed by atoms with Crippen LogP contribution in [0.15, 0.2) is 53.6 Å². The van der Waals surface area contributed by atoms with Crippen LogP contribution in [0.25, 0.3) is 10.9 Å². The maximum Gasteiger partial charge on any atom is 0.338 e. The number of hydrogen-bond acceptors (Lipinski definition) is 4. The minimum absolute atomic E-state index is 0.00263. The van der Waals surface area contributed by atoms with E-state index in [2.05, 4.69) is 9.71 Å². The van der Waals surface area contributed by atoms with Crippen LogP contribution in [0.4, 0.5) is 5.69 Å². The van der Waals surface area contributed by atoms with Gasteiger partial charge in [0.1, 0.15) is 4.90 Å². The van der Waals surface area contributed by atoms with E-state index in [1.165, 1.54) is 12.1 Å². The van der Waals surface area contributed by atoms with Crippen LogP contribution in [0.3, 0.4) is 0 Å². The maximum absolute atomic E-state index is 12.8. The second kappa shape index (κ2) is 6.18. The molecule has 1 heterocycles. The number of aromatic carboxylic acids is 1. The van der Waals surface area contributed by atoms with Crippen LogP contribution in [0, 0.1) is 13.8 Å². The third kappa shape index (κ3) is 3.18. The van der Waals surface area contributed by atoms with E-state index in [1.54, 1.807) is 37.4 Å². The number of sulfonamides is 1. The van der Waals surface area contributed by atoms with E-state index >= 15 is 0 Å². The van der Waals surface area contributed by atoms with Gasteiger partial charge in [0.15, 0.2) is 0 Å². The van der Waals surface area contributed by atoms with E-state index in [0.717, 1.165) is 5.56 Å². The first-order valence-corrected chi connectivity index (χ1v) is 8.99. The van der Waals surface area contributed by atoms with Gasteiger partial charge in [-0.2, -0.15) is 0 Å². The van der Waals surface area contributed by atoms with Crippen molar-refractivity contribution in [3.63, 3.8) is 0 Å². The number of aromatic nitrogens is 1. The van der Waals surface area contributed by atoms with Gasteiger partial charge in [0.25, 0.3) is 10.0 Å². The number of carbonyl (C=O) groups is 1. The molecule has 0 saturated heterocycles. The van der Waals surface area contributed by atoms with Crippen molar-refractivity contribution >= 4 is 32.6 Å². The fourth-order valence-corrected chi connectivity index (χ4v) is 3.95. The fraction of sp³-hybridized carbons (Fsp3) is 0.111. The molecule has 0 aliphatic rings. The van der Waals surface area contributed by atoms with Crippen molar-refractivity contribution in [1.82, 2.24) is 4.98 Å². The number of anilines is 1. The van der Waals surface area contributed by atoms with E-state index in [1.807, 2.05) is 13.0 Å². The van der Waals surface area contributed by atoms with Gasteiger partial charge in [-0.3, -0.25) is 9.71 Å². The number of rotatable bonds is 4. The smallest absolute Gasteiger partial charge is 0.338 e. The molecule has 0 spiro atoms. The van der Waals surface area contributed by atoms with Crippen LogP contribution in [0.5, 0.6) is 0 Å². The zero-order valence-electron chi connectivity index (χ0n) is 13.6. The predicted octanol–water partition coefficient (Wildman–Crippen LogP) is 3.35. The second-order valence-corrected chi connectivity index (χ2v) is 7.40. The zero-order chi connectivity index (χ0) is 18.2. The lowest BCUT2D eigenvalue weighted by atomic mass is 10.1. The number of pyridine rings is 1. The Bertz CT molecular complexity index is 1090. The minimum atomic E-state index is -4.00. The van der Waals surface area contributed by atoms with Crippen LogP contribution >= 0.6 is 0 Å². The minimum Gasteiger partial charge on any atom is -0.478 e. The van der Waals surface area contributed by atoms with Gasteiger partial charge in [0.05, 0.1) is 16.8 Å². The van der Waals surface area contributed by atoms with Gasteiger partial charge in [-0.1, -0.05) is 24.3 Å². The van der Waals surface area contributed by atoms with Gasteiger partial charge in [0, 0.05) is 11.6 Å². The van der Waals surface area contributed by atoms with E-state index in [9.17, 15) is 18.3 Å². The van der Waals surface area contributed by atoms with Crippen molar-refractivity contribution in [2.24, 2.45) is 0 Å². The Morgan fingerprint density at radius 3 is 2.56 bits per heavy atom. The van der Waals surface area contributed by atoms with Gasteiger partial charge in [-0.25, -0.2) is 13.2 Å². The first-order chi connectivity index (χ1) is 11.8. The molecule has 0 aliphatic carbocycles. The van der Waals surface area contributed by atoms with Gasteiger partial charge in [0.2, 0.25) is 0 Å². The SMILES string of the molecule is Cc1cnc2c(S(=O)(=O)Nc3cccc(C)c3C(=O)O)cccc2c1. The molecular formula is C18H16N2O4S. The van der Waals surface area contributed by atoms with Gasteiger partial charge >= 0.3 is 5.97 Å². The quantitative estimate of drug-likeness (QED) is 0.747. The van der Waals surface area contributed by atoms with Crippen molar-refractivity contribution in [2.75, 3.05) is 4.72 Å². The van der Waals surface area contributed by atoms with Gasteiger partial charge in [-0.05, 0) is 43.2 Å². The molecule has 2 aromatic carbocycles. The van der Waals surface area contributed by atoms with Crippen molar-refractivity contribution in [1.29, 1.82) is 0 Å². The molecule has 0 radical (unpaired) electrons. The standard InChI is InChI=1S/C18H16N2O4S/c1-11-9-13-6-4-8-15(17(13)19-10-11)25(23,24)20-14-7-3-5-12(2)16(14)18(21)22/h3-10,20H,1-2H3,(H,21,22). The molecule has 0 saturated carbocycles. The highest BCUT2D eigenvalue weighted by Gasteiger charge is 2.22. The monoisotopic (exact) mass is 356 g/mol. The summed E-state index contributed by atoms with van der Waals surface area (Å²) < 4.78 is 28.1. The summed E-state index contributed by atoms with van der Waals surface area (Å²) in [6.45, 7) is 3.49. The van der Waals surface area contributed by atoms with Crippen LogP contribution in [-0.2, 0) is 10.0 Å². The molecule has 3 aromatic rings. The van der Waals surface area contributed by atoms with Crippen molar-refractivity contribution in [2.45, 2.75) is 18.7 Å². The summed E-state index contributed by atoms with van der Waals surface area (Å²) in [6.07, 6.45) is 1.59. The normalized spacial score (nSPS) is 11.4. The second-order valence-electron chi connectivity index (χ2n) is 5.75. The summed E-state index contributed by atoms with van der Waals surface area (Å²) in [5.41, 5.74) is 1.68. The highest BCUT2D eigenvalue weighted by atomic mass is 32.2. The summed E-state index contributed by atoms with van der Waals surface area (Å²) in [6, 6.07) is 11.3. The molecule has 1 aromatic heterocycles. The molecule has 25 heavy (non-hydrogen) atoms. The van der Waals surface area contributed by atoms with Crippen LogP contribution < -0.4 is 4.72 Å². The highest BCUT2D eigenvalue weighted by molar-refractivity contribution is 7.93. The number of fused-ring (bicyclic) bond motifs is 1. The Hall–Kier alpha value is -2.93. The fourth-order valence-electron chi connectivity index (χ4n) is 2.70. The summed E-state index contributed by atoms with van der Waals surface area (Å²) in [5.74, 6) is -1.19. The molecule has 0 unspecified atom stereocenters. The van der Waals surface area contributed by atoms with Crippen molar-refractivity contribution in [3.8, 4) is 0 Å². The lowest BCUT2D eigenvalue weighted by molar-refractivity contribution is 0.0697. The summed E-state index contributed by atoms with van der Waals surface area (Å²) in [7, 11) is -4.00. The molecule has 7 heteroatoms. The van der Waals surface area contributed by atoms with E-state index in [4.69, 9.17) is 0 Å². The van der Waals surface area contributed by atoms with E-state index < -0.39 is 16.0 Å². The molecule has 0 fully saturated rings. The number of para-hydroxylation sites is 1. The first kappa shape index (κ1) is 16.9. The average Bonchev–Trinajstić information content (AvgIpc) is 2.53. The summed E-state index contributed by atoms with van der Waals surface area (Å²) >= 11 is 0. The molecule has 2 N–H and O–H groups in total. The Morgan fingerprint density at radius 1 is 1.12 bits per heavy atom. The molecule has 3 rings (SSSR count). The summed E-state index contributed by atoms with van der Waals surface area (Å²) in [4.78, 5) is 15.7. The van der Waals surface area contributed by atoms with Crippen LogP contribution in [0.2, 0.25) is 0 Å². The van der Waals surface area contributed by atoms with Crippen molar-refractivity contribution < 1.29 is 18.3 Å². The largest absolute Gasteiger partial charge is 0.478 e. The lowest BCUT2D eigenvalue weighted by Crippen LogP contribution is -2.17. The zero-order valence-corrected chi connectivity index (χ0v) is 14.5. The Balaban J connectivity index is 2.14. The highest BCUT2D eigenvalue weighted by Crippen LogP contribution is 2.26. The third-order valence-electron chi connectivity index (χ3n) is 3.83. The average molecular weight is 356 g/mol. The molecule has 0 aliphatic heterocycles. The van der Waals surface area contributed by atoms with Gasteiger partial charge in [-0.15, -0.1) is 0 Å². The molecule has 0 amide bonds. The molecule has 128 valence electrons.